The Kier molecular flexibility index (Phi) is 7.36. The van der Waals surface area contributed by atoms with Gasteiger partial charge in [0.25, 0.3) is 0 Å². The predicted molar refractivity (Wildman–Crippen MR) is 130 cm³/mol. The van der Waals surface area contributed by atoms with Gasteiger partial charge in [0.1, 0.15) is 11.6 Å². The van der Waals surface area contributed by atoms with Crippen LogP contribution in [0.25, 0.3) is 22.8 Å². The lowest BCUT2D eigenvalue weighted by Gasteiger charge is -2.36. The van der Waals surface area contributed by atoms with E-state index in [4.69, 9.17) is 4.74 Å². The van der Waals surface area contributed by atoms with Crippen molar-refractivity contribution < 1.29 is 19.3 Å². The highest BCUT2D eigenvalue weighted by molar-refractivity contribution is 5.61. The molecule has 5 rings (SSSR count). The van der Waals surface area contributed by atoms with Crippen molar-refractivity contribution in [3.63, 3.8) is 0 Å². The van der Waals surface area contributed by atoms with E-state index in [1.54, 1.807) is 18.3 Å². The Balaban J connectivity index is 1.11. The molecule has 3 N–H and O–H groups in total. The van der Waals surface area contributed by atoms with Gasteiger partial charge >= 0.3 is 0 Å². The van der Waals surface area contributed by atoms with E-state index >= 15 is 0 Å². The number of hydrogen-bond acceptors (Lipinski definition) is 7. The third-order valence-corrected chi connectivity index (χ3v) is 7.10. The third kappa shape index (κ3) is 6.04. The van der Waals surface area contributed by atoms with Crippen LogP contribution in [0.15, 0.2) is 42.6 Å². The molecule has 1 aromatic carbocycles. The largest absolute Gasteiger partial charge is 0.375 e. The lowest BCUT2D eigenvalue weighted by Crippen LogP contribution is -2.39. The Labute approximate surface area is 204 Å². The van der Waals surface area contributed by atoms with E-state index < -0.39 is 6.29 Å². The number of benzene rings is 1. The van der Waals surface area contributed by atoms with Gasteiger partial charge in [-0.3, -0.25) is 5.10 Å². The molecule has 0 amide bonds. The zero-order valence-electron chi connectivity index (χ0n) is 19.7. The number of pyridine rings is 1. The lowest BCUT2D eigenvalue weighted by molar-refractivity contribution is -0.0749. The number of aromatic amines is 1. The Morgan fingerprint density at radius 1 is 0.943 bits per heavy atom. The Morgan fingerprint density at radius 3 is 2.29 bits per heavy atom. The molecule has 35 heavy (non-hydrogen) atoms. The monoisotopic (exact) mass is 481 g/mol. The van der Waals surface area contributed by atoms with Crippen molar-refractivity contribution in [2.75, 3.05) is 18.0 Å². The van der Waals surface area contributed by atoms with Crippen molar-refractivity contribution in [3.8, 4) is 22.8 Å². The van der Waals surface area contributed by atoms with Gasteiger partial charge in [-0.1, -0.05) is 0 Å². The number of halogens is 1. The molecule has 2 aliphatic rings. The Hall–Kier alpha value is -2.88. The minimum absolute atomic E-state index is 0.272. The van der Waals surface area contributed by atoms with E-state index in [-0.39, 0.29) is 18.0 Å². The number of H-pyrrole nitrogens is 1. The molecule has 2 aromatic heterocycles. The fraction of sp³-hybridized carbons (Fsp3) is 0.500. The molecule has 8 nitrogen and oxygen atoms in total. The summed E-state index contributed by atoms with van der Waals surface area (Å²) in [6.07, 6.45) is 7.60. The summed E-state index contributed by atoms with van der Waals surface area (Å²) in [5.41, 5.74) is 1.60. The highest BCUT2D eigenvalue weighted by Crippen LogP contribution is 2.31. The first kappa shape index (κ1) is 23.8. The highest BCUT2D eigenvalue weighted by atomic mass is 19.1. The SMILES string of the molecule is OC(O)CC1CCC(OC2CCN(c3ccc(-c4n[nH]c(-c5ccc(F)cc5)n4)cn3)CC2)CC1. The Morgan fingerprint density at radius 2 is 1.63 bits per heavy atom. The van der Waals surface area contributed by atoms with Crippen molar-refractivity contribution in [1.82, 2.24) is 20.2 Å². The molecule has 1 saturated heterocycles. The molecule has 1 aliphatic carbocycles. The minimum Gasteiger partial charge on any atom is -0.375 e. The van der Waals surface area contributed by atoms with Crippen LogP contribution in [0.5, 0.6) is 0 Å². The molecular formula is C26H32FN5O3. The van der Waals surface area contributed by atoms with Crippen molar-refractivity contribution in [3.05, 3.63) is 48.4 Å². The van der Waals surface area contributed by atoms with Gasteiger partial charge in [0.15, 0.2) is 17.9 Å². The smallest absolute Gasteiger partial charge is 0.183 e. The maximum Gasteiger partial charge on any atom is 0.183 e. The number of nitrogens with zero attached hydrogens (tertiary/aromatic N) is 4. The van der Waals surface area contributed by atoms with Gasteiger partial charge in [-0.05, 0) is 80.8 Å². The number of piperidine rings is 1. The zero-order valence-corrected chi connectivity index (χ0v) is 19.7. The number of aliphatic hydroxyl groups is 2. The number of rotatable bonds is 7. The maximum atomic E-state index is 13.2. The summed E-state index contributed by atoms with van der Waals surface area (Å²) in [6, 6.07) is 10.1. The summed E-state index contributed by atoms with van der Waals surface area (Å²) in [4.78, 5) is 11.5. The van der Waals surface area contributed by atoms with E-state index in [0.29, 0.717) is 24.0 Å². The fourth-order valence-corrected chi connectivity index (χ4v) is 5.13. The van der Waals surface area contributed by atoms with Crippen molar-refractivity contribution in [2.24, 2.45) is 5.92 Å². The molecule has 2 fully saturated rings. The van der Waals surface area contributed by atoms with Gasteiger partial charge in [-0.2, -0.15) is 5.10 Å². The number of nitrogens with one attached hydrogen (secondary N) is 1. The van der Waals surface area contributed by atoms with E-state index in [2.05, 4.69) is 25.1 Å². The quantitative estimate of drug-likeness (QED) is 0.439. The number of anilines is 1. The topological polar surface area (TPSA) is 107 Å². The molecular weight excluding hydrogens is 449 g/mol. The highest BCUT2D eigenvalue weighted by Gasteiger charge is 2.27. The molecule has 0 atom stereocenters. The molecule has 186 valence electrons. The average molecular weight is 482 g/mol. The van der Waals surface area contributed by atoms with E-state index in [0.717, 1.165) is 68.6 Å². The fourth-order valence-electron chi connectivity index (χ4n) is 5.13. The van der Waals surface area contributed by atoms with Crippen LogP contribution in [-0.4, -0.2) is 62.0 Å². The summed E-state index contributed by atoms with van der Waals surface area (Å²) in [5.74, 6) is 2.19. The summed E-state index contributed by atoms with van der Waals surface area (Å²) in [6.45, 7) is 1.80. The molecule has 3 heterocycles. The Bertz CT molecular complexity index is 1070. The van der Waals surface area contributed by atoms with E-state index in [9.17, 15) is 14.6 Å². The second kappa shape index (κ2) is 10.8. The van der Waals surface area contributed by atoms with Gasteiger partial charge < -0.3 is 19.8 Å². The summed E-state index contributed by atoms with van der Waals surface area (Å²) >= 11 is 0. The third-order valence-electron chi connectivity index (χ3n) is 7.10. The van der Waals surface area contributed by atoms with E-state index in [1.807, 2.05) is 12.1 Å². The minimum atomic E-state index is -1.20. The summed E-state index contributed by atoms with van der Waals surface area (Å²) in [5, 5.41) is 25.5. The molecule has 1 aliphatic heterocycles. The predicted octanol–water partition coefficient (Wildman–Crippen LogP) is 3.92. The second-order valence-corrected chi connectivity index (χ2v) is 9.60. The van der Waals surface area contributed by atoms with Crippen LogP contribution < -0.4 is 4.90 Å². The lowest BCUT2D eigenvalue weighted by atomic mass is 9.85. The van der Waals surface area contributed by atoms with Gasteiger partial charge in [0.05, 0.1) is 12.2 Å². The summed E-state index contributed by atoms with van der Waals surface area (Å²) < 4.78 is 19.5. The molecule has 0 unspecified atom stereocenters. The maximum absolute atomic E-state index is 13.2. The van der Waals surface area contributed by atoms with Crippen molar-refractivity contribution in [2.45, 2.75) is 63.4 Å². The van der Waals surface area contributed by atoms with Gasteiger partial charge in [0, 0.05) is 36.8 Å². The number of ether oxygens (including phenoxy) is 1. The first-order chi connectivity index (χ1) is 17.0. The van der Waals surface area contributed by atoms with Crippen molar-refractivity contribution >= 4 is 5.82 Å². The second-order valence-electron chi connectivity index (χ2n) is 9.60. The first-order valence-electron chi connectivity index (χ1n) is 12.4. The number of aromatic nitrogens is 4. The normalized spacial score (nSPS) is 21.5. The van der Waals surface area contributed by atoms with Crippen LogP contribution in [0, 0.1) is 11.7 Å². The van der Waals surface area contributed by atoms with Gasteiger partial charge in [-0.25, -0.2) is 14.4 Å². The van der Waals surface area contributed by atoms with Crippen LogP contribution in [-0.2, 0) is 4.74 Å². The van der Waals surface area contributed by atoms with Crippen LogP contribution in [0.1, 0.15) is 44.9 Å². The summed E-state index contributed by atoms with van der Waals surface area (Å²) in [7, 11) is 0. The van der Waals surface area contributed by atoms with Crippen LogP contribution in [0.2, 0.25) is 0 Å². The zero-order chi connectivity index (χ0) is 24.2. The molecule has 1 saturated carbocycles. The van der Waals surface area contributed by atoms with Crippen molar-refractivity contribution in [1.29, 1.82) is 0 Å². The molecule has 9 heteroatoms. The van der Waals surface area contributed by atoms with Crippen LogP contribution in [0.4, 0.5) is 10.2 Å². The van der Waals surface area contributed by atoms with E-state index in [1.165, 1.54) is 12.1 Å². The molecule has 3 aromatic rings. The number of aliphatic hydroxyl groups excluding tert-OH is 1. The molecule has 0 bridgehead atoms. The van der Waals surface area contributed by atoms with Crippen LogP contribution in [0.3, 0.4) is 0 Å². The van der Waals surface area contributed by atoms with Gasteiger partial charge in [0.2, 0.25) is 0 Å². The number of hydrogen-bond donors (Lipinski definition) is 3. The van der Waals surface area contributed by atoms with Crippen LogP contribution >= 0.6 is 0 Å². The molecule has 0 spiro atoms. The first-order valence-corrected chi connectivity index (χ1v) is 12.4. The molecule has 0 radical (unpaired) electrons. The standard InChI is InChI=1S/C26H32FN5O3/c27-20-6-3-18(4-7-20)25-29-26(31-30-25)19-5-10-23(28-16-19)32-13-11-22(12-14-32)35-21-8-1-17(2-9-21)15-24(33)34/h3-7,10,16-17,21-22,24,33-34H,1-2,8-9,11-15H2,(H,29,30,31). The average Bonchev–Trinajstić information content (AvgIpc) is 3.36. The van der Waals surface area contributed by atoms with Gasteiger partial charge in [-0.15, -0.1) is 0 Å².